The minimum Gasteiger partial charge on any atom is -0.394 e. The summed E-state index contributed by atoms with van der Waals surface area (Å²) in [4.78, 5) is 11.9. The van der Waals surface area contributed by atoms with Crippen LogP contribution < -0.4 is 5.32 Å². The normalized spacial score (nSPS) is 10.4. The third-order valence-corrected chi connectivity index (χ3v) is 2.91. The van der Waals surface area contributed by atoms with Crippen molar-refractivity contribution in [3.05, 3.63) is 34.3 Å². The first-order valence-corrected chi connectivity index (χ1v) is 6.26. The summed E-state index contributed by atoms with van der Waals surface area (Å²) in [5.74, 6) is -0.128. The van der Waals surface area contributed by atoms with Crippen molar-refractivity contribution in [3.63, 3.8) is 0 Å². The van der Waals surface area contributed by atoms with Crippen LogP contribution in [0.1, 0.15) is 22.3 Å². The van der Waals surface area contributed by atoms with Gasteiger partial charge in [0.1, 0.15) is 0 Å². The number of amides is 1. The van der Waals surface area contributed by atoms with Crippen molar-refractivity contribution >= 4 is 17.5 Å². The fourth-order valence-corrected chi connectivity index (χ4v) is 1.67. The molecule has 0 atom stereocenters. The highest BCUT2D eigenvalue weighted by molar-refractivity contribution is 6.31. The molecule has 1 rings (SSSR count). The van der Waals surface area contributed by atoms with Gasteiger partial charge in [0.25, 0.3) is 5.91 Å². The molecular formula is C13H18ClNO3. The Hall–Kier alpha value is -1.10. The first kappa shape index (κ1) is 15.0. The lowest BCUT2D eigenvalue weighted by Crippen LogP contribution is -2.26. The second kappa shape index (κ2) is 8.08. The summed E-state index contributed by atoms with van der Waals surface area (Å²) in [5, 5.41) is 11.9. The molecule has 0 heterocycles. The molecule has 0 spiro atoms. The van der Waals surface area contributed by atoms with Gasteiger partial charge in [0.15, 0.2) is 0 Å². The SMILES string of the molecule is Cc1c(Cl)cccc1C(=O)NCCCOCCO. The Morgan fingerprint density at radius 2 is 2.22 bits per heavy atom. The zero-order valence-electron chi connectivity index (χ0n) is 10.4. The fraction of sp³-hybridized carbons (Fsp3) is 0.462. The standard InChI is InChI=1S/C13H18ClNO3/c1-10-11(4-2-5-12(10)14)13(17)15-6-3-8-18-9-7-16/h2,4-5,16H,3,6-9H2,1H3,(H,15,17). The number of hydrogen-bond donors (Lipinski definition) is 2. The molecule has 0 aliphatic heterocycles. The van der Waals surface area contributed by atoms with E-state index in [1.807, 2.05) is 6.92 Å². The molecule has 0 aliphatic carbocycles. The van der Waals surface area contributed by atoms with E-state index in [1.54, 1.807) is 18.2 Å². The maximum absolute atomic E-state index is 11.9. The molecule has 0 saturated carbocycles. The van der Waals surface area contributed by atoms with Crippen LogP contribution in [0.5, 0.6) is 0 Å². The van der Waals surface area contributed by atoms with Crippen LogP contribution in [0.4, 0.5) is 0 Å². The van der Waals surface area contributed by atoms with Gasteiger partial charge in [-0.05, 0) is 31.0 Å². The van der Waals surface area contributed by atoms with Gasteiger partial charge in [-0.15, -0.1) is 0 Å². The number of benzene rings is 1. The van der Waals surface area contributed by atoms with E-state index in [-0.39, 0.29) is 12.5 Å². The number of nitrogens with one attached hydrogen (secondary N) is 1. The highest BCUT2D eigenvalue weighted by atomic mass is 35.5. The van der Waals surface area contributed by atoms with E-state index in [0.29, 0.717) is 36.8 Å². The van der Waals surface area contributed by atoms with Gasteiger partial charge in [0.2, 0.25) is 0 Å². The van der Waals surface area contributed by atoms with Gasteiger partial charge in [-0.1, -0.05) is 17.7 Å². The molecule has 0 aliphatic rings. The Morgan fingerprint density at radius 1 is 1.44 bits per heavy atom. The van der Waals surface area contributed by atoms with Crippen molar-refractivity contribution in [1.29, 1.82) is 0 Å². The number of carbonyl (C=O) groups is 1. The van der Waals surface area contributed by atoms with Crippen LogP contribution in [0.3, 0.4) is 0 Å². The number of carbonyl (C=O) groups excluding carboxylic acids is 1. The first-order valence-electron chi connectivity index (χ1n) is 5.88. The average molecular weight is 272 g/mol. The van der Waals surface area contributed by atoms with E-state index >= 15 is 0 Å². The molecule has 5 heteroatoms. The molecule has 1 aromatic carbocycles. The largest absolute Gasteiger partial charge is 0.394 e. The van der Waals surface area contributed by atoms with Crippen molar-refractivity contribution in [2.75, 3.05) is 26.4 Å². The van der Waals surface area contributed by atoms with Crippen molar-refractivity contribution in [2.45, 2.75) is 13.3 Å². The Labute approximate surface area is 112 Å². The third kappa shape index (κ3) is 4.64. The molecule has 1 aromatic rings. The Bertz CT molecular complexity index is 396. The molecule has 0 unspecified atom stereocenters. The molecule has 0 saturated heterocycles. The summed E-state index contributed by atoms with van der Waals surface area (Å²) < 4.78 is 5.09. The molecular weight excluding hydrogens is 254 g/mol. The van der Waals surface area contributed by atoms with Crippen molar-refractivity contribution in [3.8, 4) is 0 Å². The summed E-state index contributed by atoms with van der Waals surface area (Å²) in [6.07, 6.45) is 0.714. The van der Waals surface area contributed by atoms with E-state index in [9.17, 15) is 4.79 Å². The highest BCUT2D eigenvalue weighted by Gasteiger charge is 2.09. The van der Waals surface area contributed by atoms with E-state index in [2.05, 4.69) is 5.32 Å². The highest BCUT2D eigenvalue weighted by Crippen LogP contribution is 2.18. The maximum atomic E-state index is 11.9. The molecule has 18 heavy (non-hydrogen) atoms. The predicted molar refractivity (Wildman–Crippen MR) is 71.0 cm³/mol. The number of aliphatic hydroxyl groups excluding tert-OH is 1. The van der Waals surface area contributed by atoms with E-state index in [1.165, 1.54) is 0 Å². The Morgan fingerprint density at radius 3 is 2.94 bits per heavy atom. The Balaban J connectivity index is 2.35. The van der Waals surface area contributed by atoms with E-state index in [0.717, 1.165) is 5.56 Å². The zero-order chi connectivity index (χ0) is 13.4. The smallest absolute Gasteiger partial charge is 0.251 e. The molecule has 0 radical (unpaired) electrons. The molecule has 0 bridgehead atoms. The summed E-state index contributed by atoms with van der Waals surface area (Å²) >= 11 is 5.95. The van der Waals surface area contributed by atoms with Crippen molar-refractivity contribution in [1.82, 2.24) is 5.32 Å². The number of hydrogen-bond acceptors (Lipinski definition) is 3. The predicted octanol–water partition coefficient (Wildman–Crippen LogP) is 1.78. The van der Waals surface area contributed by atoms with Gasteiger partial charge >= 0.3 is 0 Å². The number of halogens is 1. The van der Waals surface area contributed by atoms with Gasteiger partial charge in [-0.25, -0.2) is 0 Å². The molecule has 1 amide bonds. The maximum Gasteiger partial charge on any atom is 0.251 e. The summed E-state index contributed by atoms with van der Waals surface area (Å²) in [5.41, 5.74) is 1.38. The lowest BCUT2D eigenvalue weighted by molar-refractivity contribution is 0.0867. The van der Waals surface area contributed by atoms with E-state index in [4.69, 9.17) is 21.4 Å². The van der Waals surface area contributed by atoms with Crippen LogP contribution in [0.15, 0.2) is 18.2 Å². The van der Waals surface area contributed by atoms with Gasteiger partial charge in [0.05, 0.1) is 13.2 Å². The van der Waals surface area contributed by atoms with Gasteiger partial charge in [-0.2, -0.15) is 0 Å². The van der Waals surface area contributed by atoms with Crippen molar-refractivity contribution < 1.29 is 14.6 Å². The average Bonchev–Trinajstić information content (AvgIpc) is 2.36. The first-order chi connectivity index (χ1) is 8.66. The monoisotopic (exact) mass is 271 g/mol. The van der Waals surface area contributed by atoms with Crippen LogP contribution in [0.2, 0.25) is 5.02 Å². The fourth-order valence-electron chi connectivity index (χ4n) is 1.49. The molecule has 0 fully saturated rings. The van der Waals surface area contributed by atoms with Gasteiger partial charge < -0.3 is 15.2 Å². The zero-order valence-corrected chi connectivity index (χ0v) is 11.2. The summed E-state index contributed by atoms with van der Waals surface area (Å²) in [6, 6.07) is 5.27. The van der Waals surface area contributed by atoms with Gasteiger partial charge in [0, 0.05) is 23.7 Å². The van der Waals surface area contributed by atoms with Crippen LogP contribution in [0.25, 0.3) is 0 Å². The minimum absolute atomic E-state index is 0.0219. The lowest BCUT2D eigenvalue weighted by atomic mass is 10.1. The Kier molecular flexibility index (Phi) is 6.72. The topological polar surface area (TPSA) is 58.6 Å². The molecule has 2 N–H and O–H groups in total. The molecule has 0 aromatic heterocycles. The second-order valence-electron chi connectivity index (χ2n) is 3.86. The number of rotatable bonds is 7. The molecule has 100 valence electrons. The van der Waals surface area contributed by atoms with Crippen LogP contribution >= 0.6 is 11.6 Å². The minimum atomic E-state index is -0.128. The van der Waals surface area contributed by atoms with Crippen LogP contribution in [-0.2, 0) is 4.74 Å². The lowest BCUT2D eigenvalue weighted by Gasteiger charge is -2.08. The second-order valence-corrected chi connectivity index (χ2v) is 4.27. The number of ether oxygens (including phenoxy) is 1. The molecule has 4 nitrogen and oxygen atoms in total. The van der Waals surface area contributed by atoms with Crippen LogP contribution in [0, 0.1) is 6.92 Å². The van der Waals surface area contributed by atoms with E-state index < -0.39 is 0 Å². The summed E-state index contributed by atoms with van der Waals surface area (Å²) in [7, 11) is 0. The number of aliphatic hydroxyl groups is 1. The summed E-state index contributed by atoms with van der Waals surface area (Å²) in [6.45, 7) is 3.24. The van der Waals surface area contributed by atoms with Crippen molar-refractivity contribution in [2.24, 2.45) is 0 Å². The van der Waals surface area contributed by atoms with Gasteiger partial charge in [-0.3, -0.25) is 4.79 Å². The van der Waals surface area contributed by atoms with Crippen LogP contribution in [-0.4, -0.2) is 37.4 Å². The third-order valence-electron chi connectivity index (χ3n) is 2.50. The quantitative estimate of drug-likeness (QED) is 0.743.